The molecule has 1 atom stereocenters. The second kappa shape index (κ2) is 6.01. The lowest BCUT2D eigenvalue weighted by Gasteiger charge is -2.23. The summed E-state index contributed by atoms with van der Waals surface area (Å²) in [5.74, 6) is 0.698. The van der Waals surface area contributed by atoms with Crippen molar-refractivity contribution in [3.8, 4) is 0 Å². The molecule has 1 unspecified atom stereocenters. The average molecular weight is 287 g/mol. The van der Waals surface area contributed by atoms with Gasteiger partial charge in [0.1, 0.15) is 5.82 Å². The molecule has 7 heteroatoms. The number of nitrogens with one attached hydrogen (secondary N) is 2. The molecule has 1 aliphatic rings. The third-order valence-electron chi connectivity index (χ3n) is 3.68. The Bertz CT molecular complexity index is 655. The number of rotatable bonds is 4. The zero-order valence-electron chi connectivity index (χ0n) is 11.6. The second-order valence-electron chi connectivity index (χ2n) is 5.21. The molecule has 1 aromatic heterocycles. The van der Waals surface area contributed by atoms with Crippen LogP contribution < -0.4 is 10.6 Å². The van der Waals surface area contributed by atoms with Crippen molar-refractivity contribution >= 4 is 22.5 Å². The standard InChI is InChI=1S/C14H17N5O2/c20-19(21)11-4-5-12-13(7-11)16-9-14(18-12)17-8-10-3-1-2-6-15-10/h4-5,7,9-10,15H,1-3,6,8H2,(H,17,18). The Hall–Kier alpha value is -2.28. The number of nitro groups is 1. The van der Waals surface area contributed by atoms with Crippen LogP contribution in [-0.4, -0.2) is 34.0 Å². The molecule has 1 saturated heterocycles. The fourth-order valence-corrected chi connectivity index (χ4v) is 2.52. The van der Waals surface area contributed by atoms with Gasteiger partial charge in [-0.05, 0) is 25.5 Å². The number of fused-ring (bicyclic) bond motifs is 1. The molecule has 3 rings (SSSR count). The van der Waals surface area contributed by atoms with E-state index >= 15 is 0 Å². The van der Waals surface area contributed by atoms with E-state index < -0.39 is 4.92 Å². The first-order valence-corrected chi connectivity index (χ1v) is 7.11. The Morgan fingerprint density at radius 3 is 3.05 bits per heavy atom. The maximum Gasteiger partial charge on any atom is 0.271 e. The van der Waals surface area contributed by atoms with Gasteiger partial charge in [0.2, 0.25) is 0 Å². The first-order chi connectivity index (χ1) is 10.2. The van der Waals surface area contributed by atoms with Crippen LogP contribution in [0.5, 0.6) is 0 Å². The van der Waals surface area contributed by atoms with Crippen molar-refractivity contribution in [1.29, 1.82) is 0 Å². The fourth-order valence-electron chi connectivity index (χ4n) is 2.52. The van der Waals surface area contributed by atoms with Crippen LogP contribution in [0.1, 0.15) is 19.3 Å². The van der Waals surface area contributed by atoms with E-state index in [2.05, 4.69) is 20.6 Å². The lowest BCUT2D eigenvalue weighted by molar-refractivity contribution is -0.384. The molecule has 0 spiro atoms. The quantitative estimate of drug-likeness (QED) is 0.660. The summed E-state index contributed by atoms with van der Waals surface area (Å²) in [7, 11) is 0. The SMILES string of the molecule is O=[N+]([O-])c1ccc2nc(NCC3CCCCN3)cnc2c1. The predicted octanol–water partition coefficient (Wildman–Crippen LogP) is 2.09. The van der Waals surface area contributed by atoms with Crippen LogP contribution in [0, 0.1) is 10.1 Å². The summed E-state index contributed by atoms with van der Waals surface area (Å²) in [6, 6.07) is 4.98. The molecule has 1 aromatic carbocycles. The predicted molar refractivity (Wildman–Crippen MR) is 80.3 cm³/mol. The molecule has 2 N–H and O–H groups in total. The molecule has 1 fully saturated rings. The largest absolute Gasteiger partial charge is 0.367 e. The smallest absolute Gasteiger partial charge is 0.271 e. The molecular formula is C14H17N5O2. The summed E-state index contributed by atoms with van der Waals surface area (Å²) in [4.78, 5) is 19.0. The highest BCUT2D eigenvalue weighted by atomic mass is 16.6. The maximum absolute atomic E-state index is 10.7. The van der Waals surface area contributed by atoms with E-state index in [1.165, 1.54) is 31.4 Å². The number of piperidine rings is 1. The highest BCUT2D eigenvalue weighted by molar-refractivity contribution is 5.78. The molecular weight excluding hydrogens is 270 g/mol. The number of nitro benzene ring substituents is 1. The molecule has 2 aromatic rings. The van der Waals surface area contributed by atoms with Gasteiger partial charge in [0, 0.05) is 24.7 Å². The van der Waals surface area contributed by atoms with Crippen LogP contribution in [0.4, 0.5) is 11.5 Å². The van der Waals surface area contributed by atoms with Gasteiger partial charge in [-0.25, -0.2) is 4.98 Å². The number of benzene rings is 1. The monoisotopic (exact) mass is 287 g/mol. The van der Waals surface area contributed by atoms with Crippen LogP contribution in [0.3, 0.4) is 0 Å². The van der Waals surface area contributed by atoms with E-state index in [9.17, 15) is 10.1 Å². The molecule has 0 amide bonds. The van der Waals surface area contributed by atoms with Crippen LogP contribution in [0.25, 0.3) is 11.0 Å². The summed E-state index contributed by atoms with van der Waals surface area (Å²) >= 11 is 0. The van der Waals surface area contributed by atoms with E-state index in [1.807, 2.05) is 0 Å². The van der Waals surface area contributed by atoms with Crippen molar-refractivity contribution in [2.45, 2.75) is 25.3 Å². The second-order valence-corrected chi connectivity index (χ2v) is 5.21. The molecule has 2 heterocycles. The Morgan fingerprint density at radius 2 is 2.29 bits per heavy atom. The van der Waals surface area contributed by atoms with Gasteiger partial charge in [-0.15, -0.1) is 0 Å². The molecule has 21 heavy (non-hydrogen) atoms. The minimum absolute atomic E-state index is 0.0314. The van der Waals surface area contributed by atoms with Gasteiger partial charge in [-0.2, -0.15) is 0 Å². The Labute approximate surface area is 121 Å². The van der Waals surface area contributed by atoms with Crippen LogP contribution in [-0.2, 0) is 0 Å². The third-order valence-corrected chi connectivity index (χ3v) is 3.68. The Balaban J connectivity index is 1.71. The zero-order valence-corrected chi connectivity index (χ0v) is 11.6. The van der Waals surface area contributed by atoms with Gasteiger partial charge in [0.05, 0.1) is 22.2 Å². The van der Waals surface area contributed by atoms with Crippen molar-refractivity contribution < 1.29 is 4.92 Å². The molecule has 1 aliphatic heterocycles. The number of nitrogens with zero attached hydrogens (tertiary/aromatic N) is 3. The van der Waals surface area contributed by atoms with Crippen LogP contribution in [0.15, 0.2) is 24.4 Å². The molecule has 110 valence electrons. The van der Waals surface area contributed by atoms with Crippen molar-refractivity contribution in [1.82, 2.24) is 15.3 Å². The van der Waals surface area contributed by atoms with Gasteiger partial charge in [-0.1, -0.05) is 6.42 Å². The first-order valence-electron chi connectivity index (χ1n) is 7.11. The first kappa shape index (κ1) is 13.7. The lowest BCUT2D eigenvalue weighted by atomic mass is 10.1. The van der Waals surface area contributed by atoms with Crippen LogP contribution in [0.2, 0.25) is 0 Å². The van der Waals surface area contributed by atoms with E-state index in [4.69, 9.17) is 0 Å². The van der Waals surface area contributed by atoms with E-state index in [0.717, 1.165) is 13.1 Å². The van der Waals surface area contributed by atoms with Gasteiger partial charge in [-0.3, -0.25) is 15.1 Å². The van der Waals surface area contributed by atoms with Gasteiger partial charge in [0.15, 0.2) is 0 Å². The Kier molecular flexibility index (Phi) is 3.92. The zero-order chi connectivity index (χ0) is 14.7. The number of aromatic nitrogens is 2. The number of hydrogen-bond donors (Lipinski definition) is 2. The topological polar surface area (TPSA) is 93.0 Å². The minimum atomic E-state index is -0.429. The summed E-state index contributed by atoms with van der Waals surface area (Å²) < 4.78 is 0. The summed E-state index contributed by atoms with van der Waals surface area (Å²) in [5.41, 5.74) is 1.22. The molecule has 0 saturated carbocycles. The van der Waals surface area contributed by atoms with E-state index in [1.54, 1.807) is 12.3 Å². The number of hydrogen-bond acceptors (Lipinski definition) is 6. The lowest BCUT2D eigenvalue weighted by Crippen LogP contribution is -2.39. The fraction of sp³-hybridized carbons (Fsp3) is 0.429. The highest BCUT2D eigenvalue weighted by Gasteiger charge is 2.12. The molecule has 0 bridgehead atoms. The summed E-state index contributed by atoms with van der Waals surface area (Å²) in [5, 5.41) is 17.5. The highest BCUT2D eigenvalue weighted by Crippen LogP contribution is 2.19. The van der Waals surface area contributed by atoms with Crippen LogP contribution >= 0.6 is 0 Å². The van der Waals surface area contributed by atoms with Crippen molar-refractivity contribution in [2.24, 2.45) is 0 Å². The summed E-state index contributed by atoms with van der Waals surface area (Å²) in [6.07, 6.45) is 5.28. The van der Waals surface area contributed by atoms with Crippen molar-refractivity contribution in [3.63, 3.8) is 0 Å². The maximum atomic E-state index is 10.7. The van der Waals surface area contributed by atoms with Gasteiger partial charge >= 0.3 is 0 Å². The average Bonchev–Trinajstić information content (AvgIpc) is 2.53. The normalized spacial score (nSPS) is 18.6. The van der Waals surface area contributed by atoms with Gasteiger partial charge in [0.25, 0.3) is 5.69 Å². The van der Waals surface area contributed by atoms with Gasteiger partial charge < -0.3 is 10.6 Å². The van der Waals surface area contributed by atoms with E-state index in [-0.39, 0.29) is 5.69 Å². The third kappa shape index (κ3) is 3.25. The van der Waals surface area contributed by atoms with Crippen molar-refractivity contribution in [2.75, 3.05) is 18.4 Å². The number of non-ortho nitro benzene ring substituents is 1. The van der Waals surface area contributed by atoms with Crippen molar-refractivity contribution in [3.05, 3.63) is 34.5 Å². The minimum Gasteiger partial charge on any atom is -0.367 e. The molecule has 7 nitrogen and oxygen atoms in total. The molecule has 0 radical (unpaired) electrons. The van der Waals surface area contributed by atoms with E-state index in [0.29, 0.717) is 22.9 Å². The Morgan fingerprint density at radius 1 is 1.38 bits per heavy atom. The number of anilines is 1. The molecule has 0 aliphatic carbocycles. The summed E-state index contributed by atoms with van der Waals surface area (Å²) in [6.45, 7) is 1.88.